The summed E-state index contributed by atoms with van der Waals surface area (Å²) in [5.74, 6) is 0. The lowest BCUT2D eigenvalue weighted by atomic mass is 10.0. The third-order valence-electron chi connectivity index (χ3n) is 3.06. The van der Waals surface area contributed by atoms with E-state index in [4.69, 9.17) is 0 Å². The van der Waals surface area contributed by atoms with Gasteiger partial charge in [-0.25, -0.2) is 0 Å². The van der Waals surface area contributed by atoms with E-state index in [9.17, 15) is 5.11 Å². The van der Waals surface area contributed by atoms with Crippen molar-refractivity contribution in [1.29, 1.82) is 0 Å². The van der Waals surface area contributed by atoms with E-state index in [1.165, 1.54) is 11.9 Å². The first kappa shape index (κ1) is 13.8. The van der Waals surface area contributed by atoms with Crippen molar-refractivity contribution >= 4 is 23.0 Å². The van der Waals surface area contributed by atoms with Gasteiger partial charge in [0.1, 0.15) is 6.10 Å². The van der Waals surface area contributed by atoms with Gasteiger partial charge < -0.3 is 5.11 Å². The van der Waals surface area contributed by atoms with Gasteiger partial charge >= 0.3 is 0 Å². The van der Waals surface area contributed by atoms with Crippen molar-refractivity contribution in [3.05, 3.63) is 65.7 Å². The number of benzene rings is 2. The van der Waals surface area contributed by atoms with Crippen LogP contribution in [0.1, 0.15) is 17.2 Å². The molecule has 1 heterocycles. The fourth-order valence-corrected chi connectivity index (χ4v) is 2.14. The van der Waals surface area contributed by atoms with E-state index in [-0.39, 0.29) is 0 Å². The van der Waals surface area contributed by atoms with Gasteiger partial charge in [0.15, 0.2) is 0 Å². The minimum absolute atomic E-state index is 0.594. The Labute approximate surface area is 118 Å². The second kappa shape index (κ2) is 6.50. The highest BCUT2D eigenvalue weighted by atomic mass is 35.5. The Morgan fingerprint density at radius 2 is 1.63 bits per heavy atom. The molecule has 3 rings (SSSR count). The summed E-state index contributed by atoms with van der Waals surface area (Å²) in [4.78, 5) is 4.49. The van der Waals surface area contributed by atoms with Crippen molar-refractivity contribution < 1.29 is 5.11 Å². The molecule has 1 N–H and O–H groups in total. The smallest absolute Gasteiger partial charge is 0.117 e. The number of hydrogen-bond donors (Lipinski definition) is 1. The Balaban J connectivity index is 0.000000637. The fourth-order valence-electron chi connectivity index (χ4n) is 2.14. The van der Waals surface area contributed by atoms with Crippen LogP contribution < -0.4 is 0 Å². The van der Waals surface area contributed by atoms with E-state index in [1.807, 2.05) is 48.5 Å². The molecular formula is C16H16ClNO. The number of fused-ring (bicyclic) bond motifs is 1. The summed E-state index contributed by atoms with van der Waals surface area (Å²) in [7, 11) is 0. The average molecular weight is 274 g/mol. The van der Waals surface area contributed by atoms with Crippen molar-refractivity contribution in [3.8, 4) is 0 Å². The van der Waals surface area contributed by atoms with E-state index < -0.39 is 6.10 Å². The third-order valence-corrected chi connectivity index (χ3v) is 3.06. The number of aliphatic hydroxyl groups is 1. The van der Waals surface area contributed by atoms with Gasteiger partial charge in [-0.15, -0.1) is 11.6 Å². The zero-order valence-electron chi connectivity index (χ0n) is 10.8. The molecule has 0 aliphatic carbocycles. The molecule has 1 unspecified atom stereocenters. The first-order valence-corrected chi connectivity index (χ1v) is 6.86. The first-order valence-electron chi connectivity index (χ1n) is 6.11. The van der Waals surface area contributed by atoms with Gasteiger partial charge in [0.2, 0.25) is 0 Å². The van der Waals surface area contributed by atoms with Crippen molar-refractivity contribution in [2.24, 2.45) is 4.99 Å². The molecule has 2 aromatic carbocycles. The number of aliphatic hydroxyl groups excluding tert-OH is 1. The maximum atomic E-state index is 10.3. The van der Waals surface area contributed by atoms with Crippen molar-refractivity contribution in [1.82, 2.24) is 0 Å². The van der Waals surface area contributed by atoms with Crippen LogP contribution in [0.25, 0.3) is 0 Å². The van der Waals surface area contributed by atoms with Gasteiger partial charge in [0, 0.05) is 12.8 Å². The zero-order valence-corrected chi connectivity index (χ0v) is 11.5. The van der Waals surface area contributed by atoms with Crippen molar-refractivity contribution in [3.63, 3.8) is 0 Å². The SMILES string of the molecule is CCl.OC(C1=Nc2ccccc2C1)c1ccccc1. The molecule has 0 fully saturated rings. The van der Waals surface area contributed by atoms with Crippen LogP contribution >= 0.6 is 11.6 Å². The molecule has 2 aromatic rings. The Morgan fingerprint density at radius 3 is 2.32 bits per heavy atom. The maximum Gasteiger partial charge on any atom is 0.117 e. The molecule has 1 aliphatic rings. The Kier molecular flexibility index (Phi) is 4.72. The molecule has 0 radical (unpaired) electrons. The van der Waals surface area contributed by atoms with E-state index in [0.717, 1.165) is 23.4 Å². The summed E-state index contributed by atoms with van der Waals surface area (Å²) in [5.41, 5.74) is 3.91. The molecule has 0 amide bonds. The normalized spacial score (nSPS) is 13.9. The molecule has 1 atom stereocenters. The number of rotatable bonds is 2. The molecule has 0 saturated carbocycles. The maximum absolute atomic E-state index is 10.3. The monoisotopic (exact) mass is 273 g/mol. The van der Waals surface area contributed by atoms with Crippen LogP contribution in [0.15, 0.2) is 59.6 Å². The van der Waals surface area contributed by atoms with Gasteiger partial charge in [-0.2, -0.15) is 0 Å². The number of hydrogen-bond acceptors (Lipinski definition) is 2. The predicted octanol–water partition coefficient (Wildman–Crippen LogP) is 3.90. The lowest BCUT2D eigenvalue weighted by molar-refractivity contribution is 0.246. The quantitative estimate of drug-likeness (QED) is 0.827. The lowest BCUT2D eigenvalue weighted by Gasteiger charge is -2.10. The van der Waals surface area contributed by atoms with Crippen LogP contribution in [-0.2, 0) is 6.42 Å². The molecule has 98 valence electrons. The van der Waals surface area contributed by atoms with E-state index in [2.05, 4.69) is 22.7 Å². The second-order valence-electron chi connectivity index (χ2n) is 4.22. The van der Waals surface area contributed by atoms with E-state index in [0.29, 0.717) is 0 Å². The molecule has 0 spiro atoms. The predicted molar refractivity (Wildman–Crippen MR) is 80.4 cm³/mol. The Bertz CT molecular complexity index is 566. The highest BCUT2D eigenvalue weighted by molar-refractivity contribution is 6.15. The van der Waals surface area contributed by atoms with Crippen molar-refractivity contribution in [2.75, 3.05) is 6.38 Å². The Morgan fingerprint density at radius 1 is 1.00 bits per heavy atom. The van der Waals surface area contributed by atoms with Gasteiger partial charge in [-0.1, -0.05) is 48.5 Å². The average Bonchev–Trinajstić information content (AvgIpc) is 2.93. The minimum Gasteiger partial charge on any atom is -0.382 e. The number of alkyl halides is 1. The summed E-state index contributed by atoms with van der Waals surface area (Å²) in [5, 5.41) is 10.3. The number of para-hydroxylation sites is 1. The molecule has 3 heteroatoms. The highest BCUT2D eigenvalue weighted by Crippen LogP contribution is 2.30. The standard InChI is InChI=1S/C15H13NO.CH3Cl/c17-15(11-6-2-1-3-7-11)14-10-12-8-4-5-9-13(12)16-14;1-2/h1-9,15,17H,10H2;1H3. The summed E-state index contributed by atoms with van der Waals surface area (Å²) >= 11 is 4.64. The van der Waals surface area contributed by atoms with E-state index in [1.54, 1.807) is 0 Å². The topological polar surface area (TPSA) is 32.6 Å². The van der Waals surface area contributed by atoms with Gasteiger partial charge in [-0.3, -0.25) is 4.99 Å². The van der Waals surface area contributed by atoms with E-state index >= 15 is 0 Å². The molecule has 19 heavy (non-hydrogen) atoms. The number of nitrogens with zero attached hydrogens (tertiary/aromatic N) is 1. The number of halogens is 1. The number of aliphatic imine (C=N–C) groups is 1. The first-order chi connectivity index (χ1) is 9.34. The van der Waals surface area contributed by atoms with Gasteiger partial charge in [0.05, 0.1) is 11.4 Å². The summed E-state index contributed by atoms with van der Waals surface area (Å²) in [6, 6.07) is 17.7. The minimum atomic E-state index is -0.594. The second-order valence-corrected chi connectivity index (χ2v) is 4.22. The molecule has 0 bridgehead atoms. The lowest BCUT2D eigenvalue weighted by Crippen LogP contribution is -2.11. The molecule has 0 saturated heterocycles. The fraction of sp³-hybridized carbons (Fsp3) is 0.188. The Hall–Kier alpha value is -1.64. The summed E-state index contributed by atoms with van der Waals surface area (Å²) in [6.07, 6.45) is 1.62. The van der Waals surface area contributed by atoms with Gasteiger partial charge in [-0.05, 0) is 17.2 Å². The van der Waals surface area contributed by atoms with Crippen molar-refractivity contribution in [2.45, 2.75) is 12.5 Å². The molecule has 2 nitrogen and oxygen atoms in total. The molecule has 1 aliphatic heterocycles. The molecular weight excluding hydrogens is 258 g/mol. The largest absolute Gasteiger partial charge is 0.382 e. The molecule has 0 aromatic heterocycles. The van der Waals surface area contributed by atoms with Crippen LogP contribution in [0.2, 0.25) is 0 Å². The van der Waals surface area contributed by atoms with Crippen LogP contribution in [-0.4, -0.2) is 17.2 Å². The summed E-state index contributed by atoms with van der Waals surface area (Å²) in [6.45, 7) is 0. The van der Waals surface area contributed by atoms with Crippen LogP contribution in [0.5, 0.6) is 0 Å². The van der Waals surface area contributed by atoms with Gasteiger partial charge in [0.25, 0.3) is 0 Å². The van der Waals surface area contributed by atoms with Crippen LogP contribution in [0, 0.1) is 0 Å². The summed E-state index contributed by atoms with van der Waals surface area (Å²) < 4.78 is 0. The highest BCUT2D eigenvalue weighted by Gasteiger charge is 2.21. The van der Waals surface area contributed by atoms with Crippen LogP contribution in [0.4, 0.5) is 5.69 Å². The zero-order chi connectivity index (χ0) is 13.7. The third kappa shape index (κ3) is 3.03. The van der Waals surface area contributed by atoms with Crippen LogP contribution in [0.3, 0.4) is 0 Å².